The van der Waals surface area contributed by atoms with Gasteiger partial charge in [0.25, 0.3) is 11.6 Å². The van der Waals surface area contributed by atoms with Crippen molar-refractivity contribution in [2.45, 2.75) is 44.3 Å². The van der Waals surface area contributed by atoms with Crippen LogP contribution >= 0.6 is 11.6 Å². The lowest BCUT2D eigenvalue weighted by atomic mass is 10.0. The van der Waals surface area contributed by atoms with E-state index >= 15 is 0 Å². The van der Waals surface area contributed by atoms with Gasteiger partial charge in [-0.05, 0) is 43.9 Å². The standard InChI is InChI=1S/C22H24ClN3O3/c23-19-11-10-17(26(28)29)14-18(19)22(27)25-13-5-9-21(25)20-8-4-12-24(20)15-16-6-2-1-3-7-16/h1-3,6-7,10-11,14,20-21H,4-5,8-9,12-13,15H2. The zero-order valence-corrected chi connectivity index (χ0v) is 16.9. The predicted molar refractivity (Wildman–Crippen MR) is 112 cm³/mol. The van der Waals surface area contributed by atoms with Crippen molar-refractivity contribution in [1.82, 2.24) is 9.80 Å². The summed E-state index contributed by atoms with van der Waals surface area (Å²) in [4.78, 5) is 28.3. The monoisotopic (exact) mass is 413 g/mol. The van der Waals surface area contributed by atoms with E-state index in [1.54, 1.807) is 0 Å². The van der Waals surface area contributed by atoms with Crippen molar-refractivity contribution < 1.29 is 9.72 Å². The zero-order valence-electron chi connectivity index (χ0n) is 16.2. The zero-order chi connectivity index (χ0) is 20.4. The van der Waals surface area contributed by atoms with Crippen LogP contribution in [0.15, 0.2) is 48.5 Å². The fraction of sp³-hybridized carbons (Fsp3) is 0.409. The van der Waals surface area contributed by atoms with Gasteiger partial charge in [0.05, 0.1) is 15.5 Å². The SMILES string of the molecule is O=C(c1cc([N+](=O)[O-])ccc1Cl)N1CCCC1C1CCCN1Cc1ccccc1. The summed E-state index contributed by atoms with van der Waals surface area (Å²) in [5, 5.41) is 11.4. The van der Waals surface area contributed by atoms with Crippen LogP contribution < -0.4 is 0 Å². The minimum atomic E-state index is -0.493. The average molecular weight is 414 g/mol. The summed E-state index contributed by atoms with van der Waals surface area (Å²) in [6, 6.07) is 14.9. The van der Waals surface area contributed by atoms with Crippen LogP contribution in [-0.2, 0) is 6.54 Å². The van der Waals surface area contributed by atoms with Gasteiger partial charge in [0.1, 0.15) is 0 Å². The van der Waals surface area contributed by atoms with E-state index in [1.807, 2.05) is 11.0 Å². The molecule has 29 heavy (non-hydrogen) atoms. The van der Waals surface area contributed by atoms with Crippen LogP contribution in [0.1, 0.15) is 41.6 Å². The summed E-state index contributed by atoms with van der Waals surface area (Å²) in [6.45, 7) is 2.56. The van der Waals surface area contributed by atoms with Crippen LogP contribution in [0.2, 0.25) is 5.02 Å². The molecule has 0 aromatic heterocycles. The van der Waals surface area contributed by atoms with Crippen molar-refractivity contribution in [2.24, 2.45) is 0 Å². The first kappa shape index (κ1) is 19.9. The van der Waals surface area contributed by atoms with Crippen LogP contribution in [0.25, 0.3) is 0 Å². The summed E-state index contributed by atoms with van der Waals surface area (Å²) in [5.41, 5.74) is 1.39. The second-order valence-corrected chi connectivity index (χ2v) is 8.20. The van der Waals surface area contributed by atoms with E-state index in [0.29, 0.717) is 12.6 Å². The molecular formula is C22H24ClN3O3. The molecule has 2 atom stereocenters. The van der Waals surface area contributed by atoms with Gasteiger partial charge in [-0.2, -0.15) is 0 Å². The van der Waals surface area contributed by atoms with Gasteiger partial charge >= 0.3 is 0 Å². The van der Waals surface area contributed by atoms with Gasteiger partial charge in [0, 0.05) is 37.3 Å². The van der Waals surface area contributed by atoms with Crippen molar-refractivity contribution >= 4 is 23.2 Å². The van der Waals surface area contributed by atoms with Crippen LogP contribution in [0.5, 0.6) is 0 Å². The molecule has 2 aliphatic heterocycles. The maximum absolute atomic E-state index is 13.3. The fourth-order valence-electron chi connectivity index (χ4n) is 4.69. The Hall–Kier alpha value is -2.44. The number of hydrogen-bond acceptors (Lipinski definition) is 4. The van der Waals surface area contributed by atoms with Gasteiger partial charge in [-0.1, -0.05) is 41.9 Å². The van der Waals surface area contributed by atoms with Gasteiger partial charge in [-0.3, -0.25) is 19.8 Å². The number of amides is 1. The summed E-state index contributed by atoms with van der Waals surface area (Å²) in [5.74, 6) is -0.201. The first-order valence-corrected chi connectivity index (χ1v) is 10.5. The molecule has 0 spiro atoms. The second-order valence-electron chi connectivity index (χ2n) is 7.80. The molecule has 2 aromatic carbocycles. The topological polar surface area (TPSA) is 66.7 Å². The van der Waals surface area contributed by atoms with Crippen molar-refractivity contribution in [3.05, 3.63) is 74.8 Å². The first-order valence-electron chi connectivity index (χ1n) is 10.1. The Morgan fingerprint density at radius 3 is 2.55 bits per heavy atom. The lowest BCUT2D eigenvalue weighted by molar-refractivity contribution is -0.384. The molecule has 152 valence electrons. The number of non-ortho nitro benzene ring substituents is 1. The number of rotatable bonds is 5. The number of hydrogen-bond donors (Lipinski definition) is 0. The van der Waals surface area contributed by atoms with E-state index in [-0.39, 0.29) is 28.2 Å². The molecule has 7 heteroatoms. The highest BCUT2D eigenvalue weighted by Gasteiger charge is 2.40. The summed E-state index contributed by atoms with van der Waals surface area (Å²) in [7, 11) is 0. The number of benzene rings is 2. The average Bonchev–Trinajstić information content (AvgIpc) is 3.37. The Morgan fingerprint density at radius 2 is 1.79 bits per heavy atom. The van der Waals surface area contributed by atoms with Gasteiger partial charge in [-0.25, -0.2) is 0 Å². The Morgan fingerprint density at radius 1 is 1.07 bits per heavy atom. The molecule has 2 aliphatic rings. The molecule has 0 radical (unpaired) electrons. The Kier molecular flexibility index (Phi) is 5.83. The molecule has 2 heterocycles. The second kappa shape index (κ2) is 8.51. The Bertz CT molecular complexity index is 905. The minimum Gasteiger partial charge on any atom is -0.334 e. The number of nitrogens with zero attached hydrogens (tertiary/aromatic N) is 3. The lowest BCUT2D eigenvalue weighted by Gasteiger charge is -2.35. The minimum absolute atomic E-state index is 0.111. The van der Waals surface area contributed by atoms with Gasteiger partial charge < -0.3 is 4.90 Å². The molecule has 4 rings (SSSR count). The molecule has 0 bridgehead atoms. The van der Waals surface area contributed by atoms with E-state index in [9.17, 15) is 14.9 Å². The van der Waals surface area contributed by atoms with Crippen LogP contribution in [-0.4, -0.2) is 45.8 Å². The molecule has 0 saturated carbocycles. The van der Waals surface area contributed by atoms with E-state index in [0.717, 1.165) is 38.8 Å². The predicted octanol–water partition coefficient (Wildman–Crippen LogP) is 4.52. The van der Waals surface area contributed by atoms with E-state index < -0.39 is 4.92 Å². The van der Waals surface area contributed by atoms with E-state index in [2.05, 4.69) is 29.2 Å². The maximum atomic E-state index is 13.3. The molecule has 2 saturated heterocycles. The van der Waals surface area contributed by atoms with Gasteiger partial charge in [0.15, 0.2) is 0 Å². The molecule has 6 nitrogen and oxygen atoms in total. The largest absolute Gasteiger partial charge is 0.334 e. The fourth-order valence-corrected chi connectivity index (χ4v) is 4.89. The molecule has 0 aliphatic carbocycles. The molecule has 2 fully saturated rings. The third-order valence-electron chi connectivity index (χ3n) is 6.04. The number of carbonyl (C=O) groups excluding carboxylic acids is 1. The Labute approximate surface area is 175 Å². The summed E-state index contributed by atoms with van der Waals surface area (Å²) < 4.78 is 0. The quantitative estimate of drug-likeness (QED) is 0.534. The third kappa shape index (κ3) is 4.14. The van der Waals surface area contributed by atoms with Gasteiger partial charge in [0.2, 0.25) is 0 Å². The normalized spacial score (nSPS) is 22.2. The van der Waals surface area contributed by atoms with E-state index in [1.165, 1.54) is 23.8 Å². The third-order valence-corrected chi connectivity index (χ3v) is 6.37. The maximum Gasteiger partial charge on any atom is 0.270 e. The highest BCUT2D eigenvalue weighted by Crippen LogP contribution is 2.33. The molecule has 0 N–H and O–H groups in total. The van der Waals surface area contributed by atoms with Crippen LogP contribution in [0.4, 0.5) is 5.69 Å². The molecule has 1 amide bonds. The number of halogens is 1. The van der Waals surface area contributed by atoms with Crippen molar-refractivity contribution in [3.8, 4) is 0 Å². The van der Waals surface area contributed by atoms with E-state index in [4.69, 9.17) is 11.6 Å². The van der Waals surface area contributed by atoms with Crippen molar-refractivity contribution in [2.75, 3.05) is 13.1 Å². The number of nitro benzene ring substituents is 1. The van der Waals surface area contributed by atoms with Crippen molar-refractivity contribution in [3.63, 3.8) is 0 Å². The Balaban J connectivity index is 1.55. The number of carbonyl (C=O) groups is 1. The summed E-state index contributed by atoms with van der Waals surface area (Å²) in [6.07, 6.45) is 4.07. The van der Waals surface area contributed by atoms with Crippen LogP contribution in [0, 0.1) is 10.1 Å². The van der Waals surface area contributed by atoms with Gasteiger partial charge in [-0.15, -0.1) is 0 Å². The highest BCUT2D eigenvalue weighted by molar-refractivity contribution is 6.34. The smallest absolute Gasteiger partial charge is 0.270 e. The lowest BCUT2D eigenvalue weighted by Crippen LogP contribution is -2.48. The molecule has 2 unspecified atom stereocenters. The van der Waals surface area contributed by atoms with Crippen molar-refractivity contribution in [1.29, 1.82) is 0 Å². The number of likely N-dealkylation sites (tertiary alicyclic amines) is 2. The highest BCUT2D eigenvalue weighted by atomic mass is 35.5. The molecule has 2 aromatic rings. The molecular weight excluding hydrogens is 390 g/mol. The summed E-state index contributed by atoms with van der Waals surface area (Å²) >= 11 is 6.24. The first-order chi connectivity index (χ1) is 14.0. The van der Waals surface area contributed by atoms with Crippen LogP contribution in [0.3, 0.4) is 0 Å². The number of nitro groups is 1.